The van der Waals surface area contributed by atoms with Crippen molar-refractivity contribution < 1.29 is 0 Å². The van der Waals surface area contributed by atoms with Crippen molar-refractivity contribution in [2.24, 2.45) is 0 Å². The van der Waals surface area contributed by atoms with E-state index in [0.717, 1.165) is 31.0 Å². The summed E-state index contributed by atoms with van der Waals surface area (Å²) in [5.41, 5.74) is 0.988. The van der Waals surface area contributed by atoms with Gasteiger partial charge >= 0.3 is 0 Å². The Labute approximate surface area is 98.1 Å². The first-order chi connectivity index (χ1) is 7.69. The highest BCUT2D eigenvalue weighted by atomic mass is 15.2. The maximum atomic E-state index is 4.60. The van der Waals surface area contributed by atoms with E-state index in [2.05, 4.69) is 41.0 Å². The second-order valence-corrected chi connectivity index (χ2v) is 4.19. The van der Waals surface area contributed by atoms with Gasteiger partial charge < -0.3 is 10.2 Å². The molecule has 16 heavy (non-hydrogen) atoms. The Morgan fingerprint density at radius 2 is 2.12 bits per heavy atom. The van der Waals surface area contributed by atoms with E-state index in [4.69, 9.17) is 0 Å². The van der Waals surface area contributed by atoms with Crippen LogP contribution in [0.3, 0.4) is 0 Å². The summed E-state index contributed by atoms with van der Waals surface area (Å²) in [4.78, 5) is 11.1. The van der Waals surface area contributed by atoms with Gasteiger partial charge in [-0.3, -0.25) is 4.98 Å². The van der Waals surface area contributed by atoms with Crippen molar-refractivity contribution in [2.45, 2.75) is 39.8 Å². The standard InChI is InChI=1S/C12H22N4/c1-5-6-16(10(2)3)12-9-14-8-11(15-12)7-13-4/h8-10,13H,5-7H2,1-4H3. The molecule has 0 atom stereocenters. The average Bonchev–Trinajstić information content (AvgIpc) is 2.26. The van der Waals surface area contributed by atoms with Crippen molar-refractivity contribution in [3.8, 4) is 0 Å². The molecule has 0 aromatic carbocycles. The van der Waals surface area contributed by atoms with Gasteiger partial charge in [0.1, 0.15) is 5.82 Å². The van der Waals surface area contributed by atoms with Crippen molar-refractivity contribution in [3.63, 3.8) is 0 Å². The summed E-state index contributed by atoms with van der Waals surface area (Å²) in [5.74, 6) is 0.976. The molecule has 1 aromatic heterocycles. The van der Waals surface area contributed by atoms with Crippen LogP contribution in [0.2, 0.25) is 0 Å². The summed E-state index contributed by atoms with van der Waals surface area (Å²) >= 11 is 0. The van der Waals surface area contributed by atoms with Crippen molar-refractivity contribution in [1.29, 1.82) is 0 Å². The van der Waals surface area contributed by atoms with Crippen LogP contribution in [0.15, 0.2) is 12.4 Å². The van der Waals surface area contributed by atoms with Crippen molar-refractivity contribution in [1.82, 2.24) is 15.3 Å². The summed E-state index contributed by atoms with van der Waals surface area (Å²) < 4.78 is 0. The van der Waals surface area contributed by atoms with Gasteiger partial charge in [0, 0.05) is 25.3 Å². The maximum Gasteiger partial charge on any atom is 0.147 e. The van der Waals surface area contributed by atoms with Gasteiger partial charge in [-0.15, -0.1) is 0 Å². The number of aromatic nitrogens is 2. The van der Waals surface area contributed by atoms with Crippen LogP contribution in [0.5, 0.6) is 0 Å². The molecule has 0 aliphatic heterocycles. The van der Waals surface area contributed by atoms with Crippen LogP contribution in [0.1, 0.15) is 32.9 Å². The Bertz CT molecular complexity index is 312. The molecule has 0 unspecified atom stereocenters. The Morgan fingerprint density at radius 3 is 2.69 bits per heavy atom. The molecule has 4 heteroatoms. The first-order valence-electron chi connectivity index (χ1n) is 5.91. The molecular formula is C12H22N4. The minimum absolute atomic E-state index is 0.457. The Morgan fingerprint density at radius 1 is 1.38 bits per heavy atom. The number of hydrogen-bond acceptors (Lipinski definition) is 4. The SMILES string of the molecule is CCCN(c1cncc(CNC)n1)C(C)C. The van der Waals surface area contributed by atoms with Gasteiger partial charge in [-0.05, 0) is 27.3 Å². The van der Waals surface area contributed by atoms with Crippen LogP contribution in [-0.2, 0) is 6.54 Å². The van der Waals surface area contributed by atoms with E-state index in [1.165, 1.54) is 0 Å². The van der Waals surface area contributed by atoms with Crippen molar-refractivity contribution in [3.05, 3.63) is 18.1 Å². The minimum atomic E-state index is 0.457. The third-order valence-corrected chi connectivity index (χ3v) is 2.41. The van der Waals surface area contributed by atoms with E-state index in [1.54, 1.807) is 0 Å². The third kappa shape index (κ3) is 3.45. The Kier molecular flexibility index (Phi) is 5.19. The summed E-state index contributed by atoms with van der Waals surface area (Å²) in [6.45, 7) is 8.33. The fourth-order valence-electron chi connectivity index (χ4n) is 1.68. The minimum Gasteiger partial charge on any atom is -0.353 e. The lowest BCUT2D eigenvalue weighted by molar-refractivity contribution is 0.655. The topological polar surface area (TPSA) is 41.1 Å². The molecule has 1 rings (SSSR count). The second kappa shape index (κ2) is 6.43. The fourth-order valence-corrected chi connectivity index (χ4v) is 1.68. The number of hydrogen-bond donors (Lipinski definition) is 1. The molecule has 1 N–H and O–H groups in total. The van der Waals surface area contributed by atoms with Gasteiger partial charge in [-0.2, -0.15) is 0 Å². The summed E-state index contributed by atoms with van der Waals surface area (Å²) in [6, 6.07) is 0.457. The monoisotopic (exact) mass is 222 g/mol. The molecule has 0 aliphatic carbocycles. The quantitative estimate of drug-likeness (QED) is 0.797. The number of rotatable bonds is 6. The van der Waals surface area contributed by atoms with Gasteiger partial charge in [0.2, 0.25) is 0 Å². The predicted octanol–water partition coefficient (Wildman–Crippen LogP) is 1.82. The normalized spacial score (nSPS) is 10.8. The van der Waals surface area contributed by atoms with Gasteiger partial charge in [-0.1, -0.05) is 6.92 Å². The zero-order valence-corrected chi connectivity index (χ0v) is 10.7. The lowest BCUT2D eigenvalue weighted by Gasteiger charge is -2.27. The molecular weight excluding hydrogens is 200 g/mol. The summed E-state index contributed by atoms with van der Waals surface area (Å²) in [5, 5.41) is 3.09. The molecule has 0 radical (unpaired) electrons. The van der Waals surface area contributed by atoms with Crippen LogP contribution in [0.25, 0.3) is 0 Å². The number of anilines is 1. The molecule has 0 aliphatic rings. The third-order valence-electron chi connectivity index (χ3n) is 2.41. The van der Waals surface area contributed by atoms with E-state index in [1.807, 2.05) is 19.4 Å². The zero-order chi connectivity index (χ0) is 12.0. The lowest BCUT2D eigenvalue weighted by Crippen LogP contribution is -2.32. The smallest absolute Gasteiger partial charge is 0.147 e. The molecule has 4 nitrogen and oxygen atoms in total. The van der Waals surface area contributed by atoms with E-state index in [0.29, 0.717) is 6.04 Å². The van der Waals surface area contributed by atoms with E-state index in [-0.39, 0.29) is 0 Å². The van der Waals surface area contributed by atoms with Gasteiger partial charge in [0.05, 0.1) is 11.9 Å². The van der Waals surface area contributed by atoms with E-state index in [9.17, 15) is 0 Å². The van der Waals surface area contributed by atoms with Crippen LogP contribution in [0, 0.1) is 0 Å². The van der Waals surface area contributed by atoms with Crippen LogP contribution in [-0.4, -0.2) is 29.6 Å². The highest BCUT2D eigenvalue weighted by Crippen LogP contribution is 2.13. The molecule has 1 heterocycles. The van der Waals surface area contributed by atoms with E-state index < -0.39 is 0 Å². The molecule has 0 amide bonds. The number of nitrogens with one attached hydrogen (secondary N) is 1. The lowest BCUT2D eigenvalue weighted by atomic mass is 10.3. The van der Waals surface area contributed by atoms with Gasteiger partial charge in [0.25, 0.3) is 0 Å². The van der Waals surface area contributed by atoms with Gasteiger partial charge in [-0.25, -0.2) is 4.98 Å². The summed E-state index contributed by atoms with van der Waals surface area (Å²) in [6.07, 6.45) is 4.77. The first-order valence-corrected chi connectivity index (χ1v) is 5.91. The molecule has 0 saturated carbocycles. The highest BCUT2D eigenvalue weighted by Gasteiger charge is 2.11. The zero-order valence-electron chi connectivity index (χ0n) is 10.7. The largest absolute Gasteiger partial charge is 0.353 e. The predicted molar refractivity (Wildman–Crippen MR) is 67.6 cm³/mol. The van der Waals surface area contributed by atoms with Gasteiger partial charge in [0.15, 0.2) is 0 Å². The van der Waals surface area contributed by atoms with Crippen LogP contribution >= 0.6 is 0 Å². The highest BCUT2D eigenvalue weighted by molar-refractivity contribution is 5.37. The van der Waals surface area contributed by atoms with Crippen molar-refractivity contribution in [2.75, 3.05) is 18.5 Å². The van der Waals surface area contributed by atoms with E-state index >= 15 is 0 Å². The van der Waals surface area contributed by atoms with Crippen LogP contribution in [0.4, 0.5) is 5.82 Å². The molecule has 0 fully saturated rings. The summed E-state index contributed by atoms with van der Waals surface area (Å²) in [7, 11) is 1.92. The van der Waals surface area contributed by atoms with Crippen LogP contribution < -0.4 is 10.2 Å². The second-order valence-electron chi connectivity index (χ2n) is 4.19. The fraction of sp³-hybridized carbons (Fsp3) is 0.667. The average molecular weight is 222 g/mol. The van der Waals surface area contributed by atoms with Crippen molar-refractivity contribution >= 4 is 5.82 Å². The Balaban J connectivity index is 2.86. The molecule has 0 bridgehead atoms. The maximum absolute atomic E-state index is 4.60. The molecule has 0 saturated heterocycles. The molecule has 90 valence electrons. The Hall–Kier alpha value is -1.16. The number of nitrogens with zero attached hydrogens (tertiary/aromatic N) is 3. The molecule has 0 spiro atoms. The first kappa shape index (κ1) is 12.9. The molecule has 1 aromatic rings.